The van der Waals surface area contributed by atoms with Crippen molar-refractivity contribution in [1.29, 1.82) is 0 Å². The van der Waals surface area contributed by atoms with Gasteiger partial charge >= 0.3 is 5.97 Å². The van der Waals surface area contributed by atoms with E-state index in [0.29, 0.717) is 0 Å². The summed E-state index contributed by atoms with van der Waals surface area (Å²) < 4.78 is 0. The van der Waals surface area contributed by atoms with E-state index in [2.05, 4.69) is 10.3 Å². The summed E-state index contributed by atoms with van der Waals surface area (Å²) in [4.78, 5) is 25.9. The third-order valence-electron chi connectivity index (χ3n) is 1.66. The fourth-order valence-electron chi connectivity index (χ4n) is 1.02. The molecule has 0 saturated heterocycles. The van der Waals surface area contributed by atoms with E-state index in [0.717, 1.165) is 0 Å². The van der Waals surface area contributed by atoms with Crippen LogP contribution in [-0.4, -0.2) is 28.0 Å². The standard InChI is InChI=1S/C10H12N2O3/c1-6(2)12-9(13)8-5-7(10(14)15)3-4-11-8/h3-6H,1-2H3,(H,12,13)(H,14,15). The van der Waals surface area contributed by atoms with Crippen molar-refractivity contribution in [2.45, 2.75) is 19.9 Å². The minimum atomic E-state index is -1.07. The van der Waals surface area contributed by atoms with Crippen molar-refractivity contribution in [2.75, 3.05) is 0 Å². The first-order valence-corrected chi connectivity index (χ1v) is 4.51. The lowest BCUT2D eigenvalue weighted by Crippen LogP contribution is -2.30. The van der Waals surface area contributed by atoms with Crippen LogP contribution in [0.4, 0.5) is 0 Å². The Morgan fingerprint density at radius 1 is 1.47 bits per heavy atom. The maximum absolute atomic E-state index is 11.5. The Balaban J connectivity index is 2.90. The molecule has 2 N–H and O–H groups in total. The molecule has 0 saturated carbocycles. The van der Waals surface area contributed by atoms with Crippen LogP contribution in [0.2, 0.25) is 0 Å². The Kier molecular flexibility index (Phi) is 3.38. The van der Waals surface area contributed by atoms with E-state index >= 15 is 0 Å². The molecule has 80 valence electrons. The van der Waals surface area contributed by atoms with Gasteiger partial charge < -0.3 is 10.4 Å². The molecular formula is C10H12N2O3. The van der Waals surface area contributed by atoms with Crippen LogP contribution in [0.5, 0.6) is 0 Å². The van der Waals surface area contributed by atoms with Gasteiger partial charge in [-0.15, -0.1) is 0 Å². The quantitative estimate of drug-likeness (QED) is 0.774. The predicted octanol–water partition coefficient (Wildman–Crippen LogP) is 0.918. The Morgan fingerprint density at radius 3 is 2.67 bits per heavy atom. The summed E-state index contributed by atoms with van der Waals surface area (Å²) in [5.74, 6) is -1.44. The van der Waals surface area contributed by atoms with E-state index in [1.54, 1.807) is 0 Å². The Morgan fingerprint density at radius 2 is 2.13 bits per heavy atom. The van der Waals surface area contributed by atoms with Crippen LogP contribution in [0, 0.1) is 0 Å². The van der Waals surface area contributed by atoms with Gasteiger partial charge in [0.15, 0.2) is 0 Å². The number of pyridine rings is 1. The first-order valence-electron chi connectivity index (χ1n) is 4.51. The summed E-state index contributed by atoms with van der Waals surface area (Å²) in [6.07, 6.45) is 1.30. The minimum Gasteiger partial charge on any atom is -0.478 e. The predicted molar refractivity (Wildman–Crippen MR) is 53.8 cm³/mol. The zero-order valence-corrected chi connectivity index (χ0v) is 8.52. The monoisotopic (exact) mass is 208 g/mol. The molecule has 5 heteroatoms. The van der Waals surface area contributed by atoms with Crippen LogP contribution in [0.1, 0.15) is 34.7 Å². The molecule has 0 aromatic carbocycles. The Bertz CT molecular complexity index is 388. The molecule has 1 amide bonds. The van der Waals surface area contributed by atoms with Gasteiger partial charge in [-0.2, -0.15) is 0 Å². The fourth-order valence-corrected chi connectivity index (χ4v) is 1.02. The summed E-state index contributed by atoms with van der Waals surface area (Å²) in [6.45, 7) is 3.64. The van der Waals surface area contributed by atoms with Crippen molar-refractivity contribution in [3.05, 3.63) is 29.6 Å². The van der Waals surface area contributed by atoms with Gasteiger partial charge in [-0.25, -0.2) is 4.79 Å². The molecule has 0 aliphatic carbocycles. The molecule has 15 heavy (non-hydrogen) atoms. The fraction of sp³-hybridized carbons (Fsp3) is 0.300. The van der Waals surface area contributed by atoms with Gasteiger partial charge in [0.25, 0.3) is 5.91 Å². The molecule has 0 aliphatic heterocycles. The van der Waals surface area contributed by atoms with Gasteiger partial charge in [-0.05, 0) is 26.0 Å². The second kappa shape index (κ2) is 4.54. The lowest BCUT2D eigenvalue weighted by atomic mass is 10.2. The van der Waals surface area contributed by atoms with Gasteiger partial charge in [0, 0.05) is 12.2 Å². The zero-order valence-electron chi connectivity index (χ0n) is 8.52. The molecule has 0 radical (unpaired) electrons. The summed E-state index contributed by atoms with van der Waals surface area (Å²) in [6, 6.07) is 2.59. The molecule has 1 heterocycles. The largest absolute Gasteiger partial charge is 0.478 e. The molecule has 0 fully saturated rings. The van der Waals surface area contributed by atoms with Gasteiger partial charge in [0.2, 0.25) is 0 Å². The molecule has 1 aromatic heterocycles. The molecule has 1 aromatic rings. The number of hydrogen-bond donors (Lipinski definition) is 2. The van der Waals surface area contributed by atoms with Crippen LogP contribution >= 0.6 is 0 Å². The second-order valence-corrected chi connectivity index (χ2v) is 3.36. The SMILES string of the molecule is CC(C)NC(=O)c1cc(C(=O)O)ccn1. The molecule has 0 atom stereocenters. The van der Waals surface area contributed by atoms with E-state index in [9.17, 15) is 9.59 Å². The summed E-state index contributed by atoms with van der Waals surface area (Å²) in [5.41, 5.74) is 0.169. The van der Waals surface area contributed by atoms with Gasteiger partial charge in [0.05, 0.1) is 5.56 Å². The number of rotatable bonds is 3. The number of aromatic nitrogens is 1. The number of nitrogens with zero attached hydrogens (tertiary/aromatic N) is 1. The van der Waals surface area contributed by atoms with Crippen molar-refractivity contribution in [2.24, 2.45) is 0 Å². The van der Waals surface area contributed by atoms with E-state index in [1.165, 1.54) is 18.3 Å². The van der Waals surface area contributed by atoms with Crippen LogP contribution in [0.3, 0.4) is 0 Å². The van der Waals surface area contributed by atoms with E-state index in [1.807, 2.05) is 13.8 Å². The molecule has 5 nitrogen and oxygen atoms in total. The molecule has 1 rings (SSSR count). The van der Waals surface area contributed by atoms with E-state index in [-0.39, 0.29) is 23.2 Å². The highest BCUT2D eigenvalue weighted by Crippen LogP contribution is 2.02. The smallest absolute Gasteiger partial charge is 0.335 e. The van der Waals surface area contributed by atoms with Crippen LogP contribution in [0.25, 0.3) is 0 Å². The molecule has 0 unspecified atom stereocenters. The average Bonchev–Trinajstić information content (AvgIpc) is 2.17. The Hall–Kier alpha value is -1.91. The first kappa shape index (κ1) is 11.2. The normalized spacial score (nSPS) is 10.1. The van der Waals surface area contributed by atoms with Crippen molar-refractivity contribution < 1.29 is 14.7 Å². The number of nitrogens with one attached hydrogen (secondary N) is 1. The number of carboxylic acid groups (broad SMARTS) is 1. The minimum absolute atomic E-state index is 0.00668. The Labute approximate surface area is 87.1 Å². The summed E-state index contributed by atoms with van der Waals surface area (Å²) >= 11 is 0. The number of carbonyl (C=O) groups excluding carboxylic acids is 1. The van der Waals surface area contributed by atoms with Gasteiger partial charge in [-0.1, -0.05) is 0 Å². The highest BCUT2D eigenvalue weighted by atomic mass is 16.4. The number of carboxylic acids is 1. The van der Waals surface area contributed by atoms with E-state index in [4.69, 9.17) is 5.11 Å². The number of amides is 1. The third-order valence-corrected chi connectivity index (χ3v) is 1.66. The maximum Gasteiger partial charge on any atom is 0.335 e. The molecule has 0 aliphatic rings. The van der Waals surface area contributed by atoms with Crippen molar-refractivity contribution in [3.63, 3.8) is 0 Å². The first-order chi connectivity index (χ1) is 7.00. The molecule has 0 bridgehead atoms. The number of hydrogen-bond acceptors (Lipinski definition) is 3. The van der Waals surface area contributed by atoms with Crippen molar-refractivity contribution >= 4 is 11.9 Å². The number of carbonyl (C=O) groups is 2. The maximum atomic E-state index is 11.5. The molecule has 0 spiro atoms. The second-order valence-electron chi connectivity index (χ2n) is 3.36. The summed E-state index contributed by atoms with van der Waals surface area (Å²) in [7, 11) is 0. The van der Waals surface area contributed by atoms with Gasteiger partial charge in [0.1, 0.15) is 5.69 Å². The molecular weight excluding hydrogens is 196 g/mol. The number of aromatic carboxylic acids is 1. The van der Waals surface area contributed by atoms with E-state index < -0.39 is 5.97 Å². The highest BCUT2D eigenvalue weighted by Gasteiger charge is 2.11. The van der Waals surface area contributed by atoms with Crippen LogP contribution in [0.15, 0.2) is 18.3 Å². The lowest BCUT2D eigenvalue weighted by Gasteiger charge is -2.07. The van der Waals surface area contributed by atoms with Crippen molar-refractivity contribution in [1.82, 2.24) is 10.3 Å². The average molecular weight is 208 g/mol. The third kappa shape index (κ3) is 3.05. The van der Waals surface area contributed by atoms with Crippen LogP contribution < -0.4 is 5.32 Å². The summed E-state index contributed by atoms with van der Waals surface area (Å²) in [5, 5.41) is 11.3. The van der Waals surface area contributed by atoms with Crippen LogP contribution in [-0.2, 0) is 0 Å². The van der Waals surface area contributed by atoms with Crippen molar-refractivity contribution in [3.8, 4) is 0 Å². The lowest BCUT2D eigenvalue weighted by molar-refractivity contribution is 0.0696. The zero-order chi connectivity index (χ0) is 11.4. The van der Waals surface area contributed by atoms with Gasteiger partial charge in [-0.3, -0.25) is 9.78 Å². The highest BCUT2D eigenvalue weighted by molar-refractivity contribution is 5.95. The topological polar surface area (TPSA) is 79.3 Å².